The van der Waals surface area contributed by atoms with Gasteiger partial charge in [0.1, 0.15) is 6.10 Å². The predicted molar refractivity (Wildman–Crippen MR) is 273 cm³/mol. The summed E-state index contributed by atoms with van der Waals surface area (Å²) in [5.41, 5.74) is 0. The van der Waals surface area contributed by atoms with Crippen LogP contribution < -0.4 is 5.32 Å². The van der Waals surface area contributed by atoms with Crippen molar-refractivity contribution in [3.05, 3.63) is 24.3 Å². The van der Waals surface area contributed by atoms with E-state index in [9.17, 15) is 20.1 Å². The molecule has 4 N–H and O–H groups in total. The van der Waals surface area contributed by atoms with Gasteiger partial charge in [0.15, 0.2) is 0 Å². The van der Waals surface area contributed by atoms with E-state index in [1.807, 2.05) is 0 Å². The van der Waals surface area contributed by atoms with E-state index in [1.165, 1.54) is 244 Å². The zero-order valence-electron chi connectivity index (χ0n) is 42.0. The van der Waals surface area contributed by atoms with Crippen molar-refractivity contribution in [1.82, 2.24) is 5.32 Å². The largest absolute Gasteiger partial charge is 0.394 e. The van der Waals surface area contributed by atoms with E-state index in [0.29, 0.717) is 12.8 Å². The summed E-state index contributed by atoms with van der Waals surface area (Å²) in [5.74, 6) is -0.149. The Bertz CT molecular complexity index is 920. The molecule has 0 rings (SSSR count). The number of nitrogens with one attached hydrogen (secondary N) is 1. The number of allylic oxidation sites excluding steroid dienone is 4. The van der Waals surface area contributed by atoms with Crippen molar-refractivity contribution in [1.29, 1.82) is 0 Å². The number of carbonyl (C=O) groups is 1. The highest BCUT2D eigenvalue weighted by Crippen LogP contribution is 2.17. The lowest BCUT2D eigenvalue weighted by molar-refractivity contribution is -0.124. The van der Waals surface area contributed by atoms with Gasteiger partial charge in [-0.2, -0.15) is 0 Å². The molecule has 3 atom stereocenters. The molecule has 0 aromatic heterocycles. The van der Waals surface area contributed by atoms with Crippen LogP contribution >= 0.6 is 0 Å². The van der Waals surface area contributed by atoms with E-state index < -0.39 is 18.2 Å². The molecule has 0 saturated heterocycles. The highest BCUT2D eigenvalue weighted by Gasteiger charge is 2.26. The second-order valence-electron chi connectivity index (χ2n) is 19.5. The zero-order valence-corrected chi connectivity index (χ0v) is 42.0. The molecule has 0 saturated carbocycles. The Morgan fingerprint density at radius 2 is 0.645 bits per heavy atom. The summed E-state index contributed by atoms with van der Waals surface area (Å²) in [6, 6.07) is -0.824. The number of hydrogen-bond donors (Lipinski definition) is 4. The Hall–Kier alpha value is -1.17. The van der Waals surface area contributed by atoms with E-state index in [2.05, 4.69) is 43.5 Å². The maximum Gasteiger partial charge on any atom is 0.220 e. The Morgan fingerprint density at radius 3 is 0.935 bits per heavy atom. The zero-order chi connectivity index (χ0) is 45.1. The number of carbonyl (C=O) groups excluding carboxylic acids is 1. The fourth-order valence-electron chi connectivity index (χ4n) is 8.93. The fourth-order valence-corrected chi connectivity index (χ4v) is 8.93. The molecule has 0 heterocycles. The van der Waals surface area contributed by atoms with Crippen LogP contribution in [0.25, 0.3) is 0 Å². The first kappa shape index (κ1) is 60.8. The van der Waals surface area contributed by atoms with Crippen LogP contribution in [-0.2, 0) is 4.79 Å². The summed E-state index contributed by atoms with van der Waals surface area (Å²) in [6.07, 6.45) is 66.3. The average molecular weight is 875 g/mol. The molecule has 0 radical (unpaired) electrons. The third kappa shape index (κ3) is 46.8. The summed E-state index contributed by atoms with van der Waals surface area (Å²) in [6.45, 7) is 4.20. The first-order chi connectivity index (χ1) is 30.6. The Balaban J connectivity index is 3.52. The van der Waals surface area contributed by atoms with Gasteiger partial charge in [0.2, 0.25) is 5.91 Å². The normalized spacial score (nSPS) is 13.4. The van der Waals surface area contributed by atoms with Crippen molar-refractivity contribution in [3.63, 3.8) is 0 Å². The van der Waals surface area contributed by atoms with Gasteiger partial charge >= 0.3 is 0 Å². The minimum Gasteiger partial charge on any atom is -0.394 e. The van der Waals surface area contributed by atoms with Gasteiger partial charge in [0.25, 0.3) is 0 Å². The minimum absolute atomic E-state index is 0.149. The monoisotopic (exact) mass is 874 g/mol. The molecular weight excluding hydrogens is 763 g/mol. The summed E-state index contributed by atoms with van der Waals surface area (Å²) < 4.78 is 0. The van der Waals surface area contributed by atoms with Crippen molar-refractivity contribution in [2.24, 2.45) is 0 Å². The van der Waals surface area contributed by atoms with Crippen LogP contribution in [0.15, 0.2) is 24.3 Å². The second-order valence-corrected chi connectivity index (χ2v) is 19.5. The summed E-state index contributed by atoms with van der Waals surface area (Å²) in [4.78, 5) is 12.5. The molecule has 1 amide bonds. The topological polar surface area (TPSA) is 89.8 Å². The van der Waals surface area contributed by atoms with E-state index in [1.54, 1.807) is 0 Å². The lowest BCUT2D eigenvalue weighted by Gasteiger charge is -2.26. The molecule has 0 bridgehead atoms. The van der Waals surface area contributed by atoms with Crippen LogP contribution in [0.1, 0.15) is 309 Å². The van der Waals surface area contributed by atoms with Gasteiger partial charge in [-0.1, -0.05) is 263 Å². The maximum absolute atomic E-state index is 12.5. The number of unbranched alkanes of at least 4 members (excludes halogenated alkanes) is 40. The molecule has 3 unspecified atom stereocenters. The van der Waals surface area contributed by atoms with E-state index in [4.69, 9.17) is 0 Å². The molecule has 0 aliphatic carbocycles. The van der Waals surface area contributed by atoms with E-state index >= 15 is 0 Å². The molecule has 0 aromatic rings. The van der Waals surface area contributed by atoms with Crippen LogP contribution in [0.3, 0.4) is 0 Å². The van der Waals surface area contributed by atoms with E-state index in [-0.39, 0.29) is 12.5 Å². The maximum atomic E-state index is 12.5. The second kappa shape index (κ2) is 52.5. The number of aliphatic hydroxyl groups excluding tert-OH is 3. The number of aliphatic hydroxyl groups is 3. The quantitative estimate of drug-likeness (QED) is 0.0362. The van der Waals surface area contributed by atoms with Crippen molar-refractivity contribution in [2.45, 2.75) is 327 Å². The minimum atomic E-state index is -1.16. The highest BCUT2D eigenvalue weighted by atomic mass is 16.3. The Kier molecular flexibility index (Phi) is 51.5. The summed E-state index contributed by atoms with van der Waals surface area (Å²) >= 11 is 0. The fraction of sp³-hybridized carbons (Fsp3) is 0.912. The van der Waals surface area contributed by atoms with Crippen molar-refractivity contribution in [2.75, 3.05) is 6.61 Å². The molecule has 0 aliphatic rings. The molecule has 0 aromatic carbocycles. The molecule has 62 heavy (non-hydrogen) atoms. The molecule has 5 heteroatoms. The molecule has 5 nitrogen and oxygen atoms in total. The molecule has 368 valence electrons. The number of hydrogen-bond acceptors (Lipinski definition) is 4. The van der Waals surface area contributed by atoms with E-state index in [0.717, 1.165) is 38.5 Å². The van der Waals surface area contributed by atoms with Crippen molar-refractivity contribution in [3.8, 4) is 0 Å². The van der Waals surface area contributed by atoms with Crippen LogP contribution in [0.2, 0.25) is 0 Å². The highest BCUT2D eigenvalue weighted by molar-refractivity contribution is 5.76. The Morgan fingerprint density at radius 1 is 0.387 bits per heavy atom. The standard InChI is InChI=1S/C57H111NO4/c1-3-5-7-9-11-13-15-17-19-21-22-23-24-25-26-27-28-29-30-31-32-33-34-36-38-40-42-44-46-48-50-52-56(61)58-54(53-59)57(62)55(60)51-49-47-45-43-41-39-37-35-20-18-16-14-12-10-8-6-4-2/h25-26,43,45,54-55,57,59-60,62H,3-24,27-42,44,46-53H2,1-2H3,(H,58,61)/b26-25-,45-43+. The molecular formula is C57H111NO4. The lowest BCUT2D eigenvalue weighted by atomic mass is 10.0. The first-order valence-corrected chi connectivity index (χ1v) is 28.1. The third-order valence-corrected chi connectivity index (χ3v) is 13.3. The third-order valence-electron chi connectivity index (χ3n) is 13.3. The van der Waals surface area contributed by atoms with Crippen molar-refractivity contribution >= 4 is 5.91 Å². The van der Waals surface area contributed by atoms with Crippen LogP contribution in [0, 0.1) is 0 Å². The van der Waals surface area contributed by atoms with Gasteiger partial charge in [-0.15, -0.1) is 0 Å². The number of rotatable bonds is 52. The van der Waals surface area contributed by atoms with Gasteiger partial charge in [0.05, 0.1) is 18.8 Å². The van der Waals surface area contributed by atoms with Crippen LogP contribution in [0.4, 0.5) is 0 Å². The van der Waals surface area contributed by atoms with Crippen molar-refractivity contribution < 1.29 is 20.1 Å². The predicted octanol–water partition coefficient (Wildman–Crippen LogP) is 17.3. The molecule has 0 fully saturated rings. The summed E-state index contributed by atoms with van der Waals surface area (Å²) in [5, 5.41) is 33.7. The van der Waals surface area contributed by atoms with Crippen LogP contribution in [0.5, 0.6) is 0 Å². The van der Waals surface area contributed by atoms with Gasteiger partial charge < -0.3 is 20.6 Å². The molecule has 0 spiro atoms. The average Bonchev–Trinajstić information content (AvgIpc) is 3.28. The SMILES string of the molecule is CCCCCCCCCCCCCC/C=C\CCCCCCCCCCCCCCCCCC(=O)NC(CO)C(O)C(O)CCC/C=C/CCCCCCCCCCCCCC. The Labute approximate surface area is 388 Å². The molecule has 0 aliphatic heterocycles. The first-order valence-electron chi connectivity index (χ1n) is 28.1. The summed E-state index contributed by atoms with van der Waals surface area (Å²) in [7, 11) is 0. The van der Waals surface area contributed by atoms with Gasteiger partial charge in [0, 0.05) is 6.42 Å². The van der Waals surface area contributed by atoms with Gasteiger partial charge in [-0.25, -0.2) is 0 Å². The van der Waals surface area contributed by atoms with Gasteiger partial charge in [-0.3, -0.25) is 4.79 Å². The number of amides is 1. The lowest BCUT2D eigenvalue weighted by Crippen LogP contribution is -2.50. The van der Waals surface area contributed by atoms with Crippen LogP contribution in [-0.4, -0.2) is 46.1 Å². The smallest absolute Gasteiger partial charge is 0.220 e. The van der Waals surface area contributed by atoms with Gasteiger partial charge in [-0.05, 0) is 64.2 Å².